The lowest BCUT2D eigenvalue weighted by Gasteiger charge is -2.23. The third-order valence-corrected chi connectivity index (χ3v) is 2.55. The van der Waals surface area contributed by atoms with Crippen LogP contribution in [-0.2, 0) is 6.42 Å². The fraction of sp³-hybridized carbons (Fsp3) is 0.400. The standard InChI is InChI=1S/C10H12N2O2/c1-7-2-3-8-4-5-9(12(13)14)6-10(8)11-7/h4-7,11H,2-3H2,1H3. The van der Waals surface area contributed by atoms with Crippen molar-refractivity contribution in [2.45, 2.75) is 25.8 Å². The number of hydrogen-bond acceptors (Lipinski definition) is 3. The lowest BCUT2D eigenvalue weighted by atomic mass is 9.99. The van der Waals surface area contributed by atoms with E-state index in [0.717, 1.165) is 18.5 Å². The van der Waals surface area contributed by atoms with Crippen molar-refractivity contribution >= 4 is 11.4 Å². The van der Waals surface area contributed by atoms with Crippen molar-refractivity contribution in [2.24, 2.45) is 0 Å². The smallest absolute Gasteiger partial charge is 0.271 e. The summed E-state index contributed by atoms with van der Waals surface area (Å²) >= 11 is 0. The molecular weight excluding hydrogens is 180 g/mol. The molecular formula is C10H12N2O2. The molecule has 1 unspecified atom stereocenters. The molecule has 0 bridgehead atoms. The van der Waals surface area contributed by atoms with Gasteiger partial charge in [0.25, 0.3) is 5.69 Å². The van der Waals surface area contributed by atoms with Gasteiger partial charge in [-0.1, -0.05) is 6.07 Å². The second-order valence-electron chi connectivity index (χ2n) is 3.68. The van der Waals surface area contributed by atoms with Crippen molar-refractivity contribution in [2.75, 3.05) is 5.32 Å². The van der Waals surface area contributed by atoms with Crippen LogP contribution in [0, 0.1) is 10.1 Å². The Bertz CT molecular complexity index is 376. The van der Waals surface area contributed by atoms with Crippen LogP contribution in [0.1, 0.15) is 18.9 Å². The van der Waals surface area contributed by atoms with Crippen LogP contribution in [-0.4, -0.2) is 11.0 Å². The molecule has 1 aromatic rings. The summed E-state index contributed by atoms with van der Waals surface area (Å²) in [4.78, 5) is 10.2. The van der Waals surface area contributed by atoms with E-state index in [1.54, 1.807) is 12.1 Å². The summed E-state index contributed by atoms with van der Waals surface area (Å²) in [5.74, 6) is 0. The molecule has 0 fully saturated rings. The summed E-state index contributed by atoms with van der Waals surface area (Å²) in [5.41, 5.74) is 2.25. The molecule has 0 radical (unpaired) electrons. The second-order valence-corrected chi connectivity index (χ2v) is 3.68. The summed E-state index contributed by atoms with van der Waals surface area (Å²) in [6, 6.07) is 5.43. The van der Waals surface area contributed by atoms with Gasteiger partial charge in [0.1, 0.15) is 0 Å². The summed E-state index contributed by atoms with van der Waals surface area (Å²) in [7, 11) is 0. The van der Waals surface area contributed by atoms with Gasteiger partial charge >= 0.3 is 0 Å². The predicted octanol–water partition coefficient (Wildman–Crippen LogP) is 2.34. The summed E-state index contributed by atoms with van der Waals surface area (Å²) < 4.78 is 0. The quantitative estimate of drug-likeness (QED) is 0.548. The van der Waals surface area contributed by atoms with Gasteiger partial charge in [-0.25, -0.2) is 0 Å². The van der Waals surface area contributed by atoms with E-state index >= 15 is 0 Å². The van der Waals surface area contributed by atoms with Gasteiger partial charge in [-0.2, -0.15) is 0 Å². The number of nitro groups is 1. The van der Waals surface area contributed by atoms with Crippen LogP contribution in [0.2, 0.25) is 0 Å². The fourth-order valence-electron chi connectivity index (χ4n) is 1.74. The van der Waals surface area contributed by atoms with Crippen LogP contribution in [0.25, 0.3) is 0 Å². The van der Waals surface area contributed by atoms with Crippen LogP contribution >= 0.6 is 0 Å². The molecule has 14 heavy (non-hydrogen) atoms. The lowest BCUT2D eigenvalue weighted by Crippen LogP contribution is -2.21. The molecule has 4 heteroatoms. The van der Waals surface area contributed by atoms with Crippen LogP contribution in [0.15, 0.2) is 18.2 Å². The number of rotatable bonds is 1. The molecule has 1 aliphatic rings. The lowest BCUT2D eigenvalue weighted by molar-refractivity contribution is -0.384. The molecule has 74 valence electrons. The van der Waals surface area contributed by atoms with E-state index in [2.05, 4.69) is 12.2 Å². The monoisotopic (exact) mass is 192 g/mol. The van der Waals surface area contributed by atoms with E-state index in [1.165, 1.54) is 5.56 Å². The Morgan fingerprint density at radius 3 is 3.07 bits per heavy atom. The van der Waals surface area contributed by atoms with Gasteiger partial charge in [0, 0.05) is 23.9 Å². The SMILES string of the molecule is CC1CCc2ccc([N+](=O)[O-])cc2N1. The minimum atomic E-state index is -0.360. The topological polar surface area (TPSA) is 55.2 Å². The third-order valence-electron chi connectivity index (χ3n) is 2.55. The Morgan fingerprint density at radius 2 is 2.36 bits per heavy atom. The molecule has 0 aromatic heterocycles. The minimum Gasteiger partial charge on any atom is -0.382 e. The van der Waals surface area contributed by atoms with Crippen molar-refractivity contribution in [3.05, 3.63) is 33.9 Å². The average Bonchev–Trinajstić information content (AvgIpc) is 2.16. The molecule has 2 rings (SSSR count). The molecule has 1 atom stereocenters. The molecule has 1 heterocycles. The van der Waals surface area contributed by atoms with E-state index in [9.17, 15) is 10.1 Å². The highest BCUT2D eigenvalue weighted by Crippen LogP contribution is 2.28. The first kappa shape index (κ1) is 8.99. The van der Waals surface area contributed by atoms with Crippen molar-refractivity contribution in [1.29, 1.82) is 0 Å². The van der Waals surface area contributed by atoms with Gasteiger partial charge in [0.15, 0.2) is 0 Å². The van der Waals surface area contributed by atoms with E-state index < -0.39 is 0 Å². The Balaban J connectivity index is 2.37. The Hall–Kier alpha value is -1.58. The normalized spacial score (nSPS) is 19.6. The van der Waals surface area contributed by atoms with Gasteiger partial charge in [-0.05, 0) is 25.3 Å². The summed E-state index contributed by atoms with van der Waals surface area (Å²) in [5, 5.41) is 13.8. The van der Waals surface area contributed by atoms with Gasteiger partial charge in [-0.15, -0.1) is 0 Å². The van der Waals surface area contributed by atoms with Crippen molar-refractivity contribution in [3.63, 3.8) is 0 Å². The molecule has 4 nitrogen and oxygen atoms in total. The molecule has 1 N–H and O–H groups in total. The number of aryl methyl sites for hydroxylation is 1. The minimum absolute atomic E-state index is 0.158. The van der Waals surface area contributed by atoms with Crippen molar-refractivity contribution in [1.82, 2.24) is 0 Å². The highest BCUT2D eigenvalue weighted by Gasteiger charge is 2.16. The number of hydrogen-bond donors (Lipinski definition) is 1. The Morgan fingerprint density at radius 1 is 1.57 bits per heavy atom. The first-order chi connectivity index (χ1) is 6.66. The Labute approximate surface area is 82.1 Å². The predicted molar refractivity (Wildman–Crippen MR) is 54.5 cm³/mol. The molecule has 0 aliphatic carbocycles. The zero-order valence-corrected chi connectivity index (χ0v) is 7.99. The highest BCUT2D eigenvalue weighted by atomic mass is 16.6. The molecule has 0 amide bonds. The maximum Gasteiger partial charge on any atom is 0.271 e. The third kappa shape index (κ3) is 1.55. The van der Waals surface area contributed by atoms with Crippen LogP contribution in [0.4, 0.5) is 11.4 Å². The summed E-state index contributed by atoms with van der Waals surface area (Å²) in [6.45, 7) is 2.09. The van der Waals surface area contributed by atoms with Crippen molar-refractivity contribution < 1.29 is 4.92 Å². The number of nitrogens with zero attached hydrogens (tertiary/aromatic N) is 1. The van der Waals surface area contributed by atoms with Crippen LogP contribution in [0.3, 0.4) is 0 Å². The first-order valence-corrected chi connectivity index (χ1v) is 4.70. The molecule has 1 aromatic carbocycles. The van der Waals surface area contributed by atoms with Gasteiger partial charge < -0.3 is 5.32 Å². The maximum absolute atomic E-state index is 10.5. The number of fused-ring (bicyclic) bond motifs is 1. The zero-order valence-electron chi connectivity index (χ0n) is 7.99. The molecule has 0 saturated heterocycles. The van der Waals surface area contributed by atoms with E-state index in [1.807, 2.05) is 6.07 Å². The summed E-state index contributed by atoms with van der Waals surface area (Å²) in [6.07, 6.45) is 2.09. The van der Waals surface area contributed by atoms with Gasteiger partial charge in [0.05, 0.1) is 4.92 Å². The number of benzene rings is 1. The van der Waals surface area contributed by atoms with Gasteiger partial charge in [0.2, 0.25) is 0 Å². The van der Waals surface area contributed by atoms with Crippen LogP contribution < -0.4 is 5.32 Å². The first-order valence-electron chi connectivity index (χ1n) is 4.70. The number of nitro benzene ring substituents is 1. The zero-order chi connectivity index (χ0) is 10.1. The van der Waals surface area contributed by atoms with Crippen molar-refractivity contribution in [3.8, 4) is 0 Å². The number of anilines is 1. The van der Waals surface area contributed by atoms with Crippen LogP contribution in [0.5, 0.6) is 0 Å². The van der Waals surface area contributed by atoms with E-state index in [0.29, 0.717) is 6.04 Å². The molecule has 1 aliphatic heterocycles. The van der Waals surface area contributed by atoms with E-state index in [4.69, 9.17) is 0 Å². The number of non-ortho nitro benzene ring substituents is 1. The van der Waals surface area contributed by atoms with E-state index in [-0.39, 0.29) is 10.6 Å². The maximum atomic E-state index is 10.5. The fourth-order valence-corrected chi connectivity index (χ4v) is 1.74. The largest absolute Gasteiger partial charge is 0.382 e. The molecule has 0 spiro atoms. The highest BCUT2D eigenvalue weighted by molar-refractivity contribution is 5.59. The second kappa shape index (κ2) is 3.29. The van der Waals surface area contributed by atoms with Gasteiger partial charge in [-0.3, -0.25) is 10.1 Å². The average molecular weight is 192 g/mol. The molecule has 0 saturated carbocycles. The number of nitrogens with one attached hydrogen (secondary N) is 1. The Kier molecular flexibility index (Phi) is 2.11.